The second kappa shape index (κ2) is 9.63. The maximum Gasteiger partial charge on any atom is 0.410 e. The molecule has 34 heavy (non-hydrogen) atoms. The normalized spacial score (nSPS) is 19.8. The summed E-state index contributed by atoms with van der Waals surface area (Å²) in [5.74, 6) is -0.0385. The predicted molar refractivity (Wildman–Crippen MR) is 133 cm³/mol. The number of carbonyl (C=O) groups excluding carboxylic acids is 2. The molecule has 0 aliphatic carbocycles. The summed E-state index contributed by atoms with van der Waals surface area (Å²) >= 11 is 6.55. The van der Waals surface area contributed by atoms with Gasteiger partial charge >= 0.3 is 6.09 Å². The summed E-state index contributed by atoms with van der Waals surface area (Å²) in [6, 6.07) is 17.2. The maximum absolute atomic E-state index is 13.5. The van der Waals surface area contributed by atoms with E-state index in [0.29, 0.717) is 35.8 Å². The molecule has 2 amide bonds. The van der Waals surface area contributed by atoms with Crippen molar-refractivity contribution in [3.63, 3.8) is 0 Å². The molecule has 1 aromatic heterocycles. The Kier molecular flexibility index (Phi) is 6.42. The molecule has 6 nitrogen and oxygen atoms in total. The average Bonchev–Trinajstić information content (AvgIpc) is 2.86. The second-order valence-corrected chi connectivity index (χ2v) is 9.46. The Morgan fingerprint density at radius 3 is 2.50 bits per heavy atom. The largest absolute Gasteiger partial charge is 0.449 e. The summed E-state index contributed by atoms with van der Waals surface area (Å²) in [6.45, 7) is 3.45. The number of aromatic nitrogens is 1. The van der Waals surface area contributed by atoms with Crippen LogP contribution >= 0.6 is 11.6 Å². The zero-order valence-corrected chi connectivity index (χ0v) is 20.0. The number of fused-ring (bicyclic) bond motifs is 3. The number of piperidine rings is 1. The summed E-state index contributed by atoms with van der Waals surface area (Å²) in [6.07, 6.45) is 3.39. The van der Waals surface area contributed by atoms with Gasteiger partial charge in [0.15, 0.2) is 0 Å². The van der Waals surface area contributed by atoms with E-state index in [1.165, 1.54) is 0 Å². The molecule has 3 aromatic rings. The number of rotatable bonds is 4. The minimum Gasteiger partial charge on any atom is -0.449 e. The molecular weight excluding hydrogens is 450 g/mol. The summed E-state index contributed by atoms with van der Waals surface area (Å²) in [7, 11) is 0. The van der Waals surface area contributed by atoms with Crippen LogP contribution in [0.4, 0.5) is 4.79 Å². The van der Waals surface area contributed by atoms with Crippen LogP contribution in [0.2, 0.25) is 5.02 Å². The molecule has 7 heteroatoms. The molecule has 5 rings (SSSR count). The first-order valence-electron chi connectivity index (χ1n) is 11.9. The maximum atomic E-state index is 13.5. The number of likely N-dealkylation sites (tertiary alicyclic amines) is 1. The zero-order valence-electron chi connectivity index (χ0n) is 19.2. The Balaban J connectivity index is 1.40. The van der Waals surface area contributed by atoms with Crippen LogP contribution < -0.4 is 0 Å². The van der Waals surface area contributed by atoms with Gasteiger partial charge in [-0.25, -0.2) is 9.78 Å². The van der Waals surface area contributed by atoms with Crippen molar-refractivity contribution in [3.05, 3.63) is 65.2 Å². The van der Waals surface area contributed by atoms with Crippen LogP contribution in [0.5, 0.6) is 0 Å². The third-order valence-electron chi connectivity index (χ3n) is 6.73. The van der Waals surface area contributed by atoms with Gasteiger partial charge < -0.3 is 9.64 Å². The van der Waals surface area contributed by atoms with Gasteiger partial charge in [0.25, 0.3) is 5.91 Å². The summed E-state index contributed by atoms with van der Waals surface area (Å²) in [4.78, 5) is 34.7. The van der Waals surface area contributed by atoms with E-state index in [-0.39, 0.29) is 24.1 Å². The van der Waals surface area contributed by atoms with Crippen molar-refractivity contribution in [2.45, 2.75) is 44.7 Å². The van der Waals surface area contributed by atoms with Crippen molar-refractivity contribution in [1.29, 1.82) is 0 Å². The van der Waals surface area contributed by atoms with Gasteiger partial charge in [-0.05, 0) is 43.9 Å². The Hall–Kier alpha value is -3.12. The zero-order chi connectivity index (χ0) is 23.7. The molecule has 3 heterocycles. The summed E-state index contributed by atoms with van der Waals surface area (Å²) in [5.41, 5.74) is 3.03. The van der Waals surface area contributed by atoms with E-state index in [1.54, 1.807) is 0 Å². The lowest BCUT2D eigenvalue weighted by Crippen LogP contribution is -2.63. The first-order chi connectivity index (χ1) is 16.5. The molecule has 2 aliphatic heterocycles. The van der Waals surface area contributed by atoms with Gasteiger partial charge in [-0.2, -0.15) is 0 Å². The van der Waals surface area contributed by atoms with Crippen LogP contribution in [0.15, 0.2) is 54.6 Å². The highest BCUT2D eigenvalue weighted by molar-refractivity contribution is 6.35. The number of piperazine rings is 1. The quantitative estimate of drug-likeness (QED) is 0.477. The van der Waals surface area contributed by atoms with E-state index in [9.17, 15) is 9.59 Å². The first-order valence-corrected chi connectivity index (χ1v) is 12.3. The highest BCUT2D eigenvalue weighted by Crippen LogP contribution is 2.32. The van der Waals surface area contributed by atoms with Gasteiger partial charge in [-0.3, -0.25) is 9.69 Å². The van der Waals surface area contributed by atoms with Crippen molar-refractivity contribution in [3.8, 4) is 11.3 Å². The van der Waals surface area contributed by atoms with Crippen LogP contribution in [-0.4, -0.2) is 58.6 Å². The van der Waals surface area contributed by atoms with Gasteiger partial charge in [0, 0.05) is 29.6 Å². The Bertz CT molecular complexity index is 1200. The fraction of sp³-hybridized carbons (Fsp3) is 0.370. The van der Waals surface area contributed by atoms with Gasteiger partial charge in [-0.15, -0.1) is 0 Å². The van der Waals surface area contributed by atoms with Gasteiger partial charge in [0.2, 0.25) is 0 Å². The van der Waals surface area contributed by atoms with Crippen LogP contribution in [0, 0.1) is 0 Å². The van der Waals surface area contributed by atoms with Crippen LogP contribution in [-0.2, 0) is 4.74 Å². The van der Waals surface area contributed by atoms with E-state index in [4.69, 9.17) is 21.3 Å². The second-order valence-electron chi connectivity index (χ2n) is 9.06. The fourth-order valence-electron chi connectivity index (χ4n) is 5.09. The molecule has 2 bridgehead atoms. The molecule has 0 spiro atoms. The molecule has 0 saturated carbocycles. The van der Waals surface area contributed by atoms with Gasteiger partial charge in [-0.1, -0.05) is 54.9 Å². The lowest BCUT2D eigenvalue weighted by Gasteiger charge is -2.49. The fourth-order valence-corrected chi connectivity index (χ4v) is 5.36. The number of benzene rings is 2. The van der Waals surface area contributed by atoms with Crippen LogP contribution in [0.25, 0.3) is 22.2 Å². The topological polar surface area (TPSA) is 62.7 Å². The minimum absolute atomic E-state index is 0.00137. The third-order valence-corrected chi connectivity index (χ3v) is 7.04. The number of amides is 2. The average molecular weight is 478 g/mol. The molecule has 2 saturated heterocycles. The Morgan fingerprint density at radius 1 is 1.06 bits per heavy atom. The van der Waals surface area contributed by atoms with Crippen molar-refractivity contribution >= 4 is 34.5 Å². The smallest absolute Gasteiger partial charge is 0.410 e. The molecule has 2 unspecified atom stereocenters. The number of halogens is 1. The summed E-state index contributed by atoms with van der Waals surface area (Å²) in [5, 5.41) is 1.43. The summed E-state index contributed by atoms with van der Waals surface area (Å²) < 4.78 is 5.42. The van der Waals surface area contributed by atoms with Crippen molar-refractivity contribution < 1.29 is 14.3 Å². The minimum atomic E-state index is -0.248. The van der Waals surface area contributed by atoms with Crippen LogP contribution in [0.3, 0.4) is 0 Å². The van der Waals surface area contributed by atoms with Gasteiger partial charge in [0.05, 0.1) is 34.9 Å². The number of ether oxygens (including phenoxy) is 1. The molecule has 2 aromatic carbocycles. The Morgan fingerprint density at radius 2 is 1.79 bits per heavy atom. The highest BCUT2D eigenvalue weighted by atomic mass is 35.5. The highest BCUT2D eigenvalue weighted by Gasteiger charge is 2.42. The van der Waals surface area contributed by atoms with E-state index >= 15 is 0 Å². The monoisotopic (exact) mass is 477 g/mol. The molecule has 2 atom stereocenters. The number of pyridine rings is 1. The van der Waals surface area contributed by atoms with E-state index in [0.717, 1.165) is 42.3 Å². The standard InChI is InChI=1S/C27H28ClN3O3/c1-2-13-34-27(33)31-20-9-6-10-21(31)17-30(16-20)26(32)19-11-12-22-23(28)15-24(29-25(22)14-19)18-7-4-3-5-8-18/h3-5,7-8,11-12,14-15,20-21H,2,6,9-10,13,16-17H2,1H3. The van der Waals surface area contributed by atoms with E-state index in [2.05, 4.69) is 0 Å². The van der Waals surface area contributed by atoms with Gasteiger partial charge in [0.1, 0.15) is 0 Å². The lowest BCUT2D eigenvalue weighted by molar-refractivity contribution is -0.00672. The van der Waals surface area contributed by atoms with E-state index < -0.39 is 0 Å². The SMILES string of the molecule is CCCOC(=O)N1C2CCCC1CN(C(=O)c1ccc3c(Cl)cc(-c4ccccc4)nc3c1)C2. The van der Waals surface area contributed by atoms with Crippen molar-refractivity contribution in [2.75, 3.05) is 19.7 Å². The number of hydrogen-bond donors (Lipinski definition) is 0. The molecular formula is C27H28ClN3O3. The molecule has 2 fully saturated rings. The number of nitrogens with zero attached hydrogens (tertiary/aromatic N) is 3. The number of hydrogen-bond acceptors (Lipinski definition) is 4. The molecule has 176 valence electrons. The first kappa shape index (κ1) is 22.7. The Labute approximate surface area is 204 Å². The predicted octanol–water partition coefficient (Wildman–Crippen LogP) is 5.78. The van der Waals surface area contributed by atoms with E-state index in [1.807, 2.05) is 71.3 Å². The molecule has 2 aliphatic rings. The van der Waals surface area contributed by atoms with Crippen LogP contribution in [0.1, 0.15) is 43.0 Å². The number of carbonyl (C=O) groups is 2. The third kappa shape index (κ3) is 4.34. The molecule has 0 radical (unpaired) electrons. The molecule has 0 N–H and O–H groups in total. The van der Waals surface area contributed by atoms with Crippen molar-refractivity contribution in [2.24, 2.45) is 0 Å². The van der Waals surface area contributed by atoms with Crippen molar-refractivity contribution in [1.82, 2.24) is 14.8 Å². The lowest BCUT2D eigenvalue weighted by atomic mass is 9.91.